The van der Waals surface area contributed by atoms with Gasteiger partial charge in [0.15, 0.2) is 11.5 Å². The minimum Gasteiger partial charge on any atom is -0.477 e. The van der Waals surface area contributed by atoms with E-state index in [9.17, 15) is 14.0 Å². The average molecular weight is 514 g/mol. The number of ether oxygens (including phenoxy) is 2. The first kappa shape index (κ1) is 26.1. The van der Waals surface area contributed by atoms with Crippen molar-refractivity contribution in [3.63, 3.8) is 0 Å². The topological polar surface area (TPSA) is 114 Å². The lowest BCUT2D eigenvalue weighted by Gasteiger charge is -2.40. The van der Waals surface area contributed by atoms with Gasteiger partial charge in [0, 0.05) is 50.3 Å². The highest BCUT2D eigenvalue weighted by molar-refractivity contribution is 6.05. The van der Waals surface area contributed by atoms with Crippen LogP contribution in [0.15, 0.2) is 24.7 Å². The van der Waals surface area contributed by atoms with Crippen LogP contribution in [0.4, 0.5) is 20.8 Å². The molecule has 37 heavy (non-hydrogen) atoms. The van der Waals surface area contributed by atoms with Crippen LogP contribution >= 0.6 is 0 Å². The Bertz CT molecular complexity index is 1320. The molecule has 1 atom stereocenters. The van der Waals surface area contributed by atoms with Crippen molar-refractivity contribution in [2.24, 2.45) is 0 Å². The molecule has 1 N–H and O–H groups in total. The number of piperazine rings is 1. The molecule has 0 aromatic carbocycles. The molecule has 0 unspecified atom stereocenters. The Morgan fingerprint density at radius 2 is 1.97 bits per heavy atom. The molecule has 1 aliphatic rings. The quantitative estimate of drug-likeness (QED) is 0.550. The second kappa shape index (κ2) is 10.2. The van der Waals surface area contributed by atoms with Gasteiger partial charge in [-0.15, -0.1) is 0 Å². The number of aromatic nitrogens is 4. The predicted octanol–water partition coefficient (Wildman–Crippen LogP) is 3.67. The molecule has 1 aliphatic heterocycles. The Morgan fingerprint density at radius 1 is 1.22 bits per heavy atom. The van der Waals surface area contributed by atoms with Gasteiger partial charge < -0.3 is 29.0 Å². The number of aryl methyl sites for hydroxylation is 1. The first-order chi connectivity index (χ1) is 17.4. The third-order valence-electron chi connectivity index (χ3n) is 5.69. The molecule has 0 aliphatic carbocycles. The molecule has 1 saturated heterocycles. The third-order valence-corrected chi connectivity index (χ3v) is 5.69. The number of anilines is 2. The summed E-state index contributed by atoms with van der Waals surface area (Å²) in [6, 6.07) is 1.07. The number of rotatable bonds is 5. The van der Waals surface area contributed by atoms with Crippen molar-refractivity contribution < 1.29 is 23.5 Å². The van der Waals surface area contributed by atoms with Crippen LogP contribution in [0.25, 0.3) is 5.65 Å². The number of halogens is 1. The zero-order valence-corrected chi connectivity index (χ0v) is 21.9. The minimum atomic E-state index is -0.574. The Morgan fingerprint density at radius 3 is 2.65 bits per heavy atom. The van der Waals surface area contributed by atoms with Crippen molar-refractivity contribution in [2.45, 2.75) is 53.2 Å². The molecule has 3 aromatic rings. The fourth-order valence-corrected chi connectivity index (χ4v) is 4.09. The van der Waals surface area contributed by atoms with Gasteiger partial charge >= 0.3 is 6.09 Å². The average Bonchev–Trinajstić information content (AvgIpc) is 3.18. The van der Waals surface area contributed by atoms with Crippen LogP contribution in [-0.2, 0) is 4.74 Å². The van der Waals surface area contributed by atoms with Crippen LogP contribution in [0.3, 0.4) is 0 Å². The maximum absolute atomic E-state index is 14.4. The van der Waals surface area contributed by atoms with Crippen LogP contribution in [0.5, 0.6) is 5.88 Å². The number of carbonyl (C=O) groups excluding carboxylic acids is 2. The fourth-order valence-electron chi connectivity index (χ4n) is 4.09. The standard InChI is InChI=1S/C25H32FN7O4/c1-7-36-22-18(21(34)29-17-10-19(26)20-28-15(2)12-32(20)14-17)11-27-23(30-22)31-8-9-33(16(3)13-31)24(35)37-25(4,5)6/h10-12,14,16H,7-9,13H2,1-6H3,(H,29,34)/t16-/m0/s1. The molecule has 0 saturated carbocycles. The number of fused-ring (bicyclic) bond motifs is 1. The van der Waals surface area contributed by atoms with Gasteiger partial charge in [-0.1, -0.05) is 0 Å². The van der Waals surface area contributed by atoms with Gasteiger partial charge in [-0.25, -0.2) is 19.2 Å². The van der Waals surface area contributed by atoms with E-state index in [0.717, 1.165) is 0 Å². The predicted molar refractivity (Wildman–Crippen MR) is 136 cm³/mol. The highest BCUT2D eigenvalue weighted by atomic mass is 19.1. The molecule has 12 heteroatoms. The van der Waals surface area contributed by atoms with Crippen molar-refractivity contribution >= 4 is 29.3 Å². The van der Waals surface area contributed by atoms with Crippen LogP contribution in [0.2, 0.25) is 0 Å². The number of hydrogen-bond acceptors (Lipinski definition) is 8. The lowest BCUT2D eigenvalue weighted by molar-refractivity contribution is 0.0158. The number of hydrogen-bond donors (Lipinski definition) is 1. The first-order valence-electron chi connectivity index (χ1n) is 12.2. The molecule has 198 valence electrons. The SMILES string of the molecule is CCOc1nc(N2CCN(C(=O)OC(C)(C)C)[C@@H](C)C2)ncc1C(=O)Nc1cc(F)c2nc(C)cn2c1. The van der Waals surface area contributed by atoms with Crippen molar-refractivity contribution in [3.8, 4) is 5.88 Å². The summed E-state index contributed by atoms with van der Waals surface area (Å²) in [6.07, 6.45) is 4.28. The fraction of sp³-hybridized carbons (Fsp3) is 0.480. The van der Waals surface area contributed by atoms with Gasteiger partial charge in [-0.2, -0.15) is 4.98 Å². The maximum Gasteiger partial charge on any atom is 0.410 e. The zero-order valence-electron chi connectivity index (χ0n) is 21.9. The minimum absolute atomic E-state index is 0.118. The van der Waals surface area contributed by atoms with Crippen molar-refractivity contribution in [3.05, 3.63) is 41.7 Å². The molecule has 1 fully saturated rings. The second-order valence-corrected chi connectivity index (χ2v) is 9.93. The molecule has 2 amide bonds. The Kier molecular flexibility index (Phi) is 7.19. The normalized spacial score (nSPS) is 16.1. The monoisotopic (exact) mass is 513 g/mol. The number of pyridine rings is 1. The summed E-state index contributed by atoms with van der Waals surface area (Å²) < 4.78 is 27.1. The number of nitrogens with one attached hydrogen (secondary N) is 1. The molecule has 3 aromatic heterocycles. The number of nitrogens with zero attached hydrogens (tertiary/aromatic N) is 6. The van der Waals surface area contributed by atoms with Gasteiger partial charge in [0.2, 0.25) is 11.8 Å². The van der Waals surface area contributed by atoms with Crippen LogP contribution < -0.4 is 15.0 Å². The molecule has 4 rings (SSSR count). The number of carbonyl (C=O) groups is 2. The van der Waals surface area contributed by atoms with E-state index < -0.39 is 17.3 Å². The van der Waals surface area contributed by atoms with E-state index in [1.54, 1.807) is 31.1 Å². The van der Waals surface area contributed by atoms with E-state index in [2.05, 4.69) is 20.3 Å². The van der Waals surface area contributed by atoms with Crippen LogP contribution in [-0.4, -0.2) is 74.1 Å². The zero-order chi connectivity index (χ0) is 26.9. The van der Waals surface area contributed by atoms with E-state index in [1.165, 1.54) is 16.7 Å². The van der Waals surface area contributed by atoms with Gasteiger partial charge in [-0.3, -0.25) is 4.79 Å². The van der Waals surface area contributed by atoms with Crippen molar-refractivity contribution in [1.29, 1.82) is 0 Å². The van der Waals surface area contributed by atoms with Crippen molar-refractivity contribution in [1.82, 2.24) is 24.3 Å². The molecule has 11 nitrogen and oxygen atoms in total. The molecule has 4 heterocycles. The summed E-state index contributed by atoms with van der Waals surface area (Å²) in [5.41, 5.74) is 0.638. The van der Waals surface area contributed by atoms with Crippen LogP contribution in [0.1, 0.15) is 50.7 Å². The molecular weight excluding hydrogens is 481 g/mol. The second-order valence-electron chi connectivity index (χ2n) is 9.93. The largest absolute Gasteiger partial charge is 0.477 e. The molecule has 0 radical (unpaired) electrons. The summed E-state index contributed by atoms with van der Waals surface area (Å²) in [5, 5.41) is 2.68. The first-order valence-corrected chi connectivity index (χ1v) is 12.2. The summed E-state index contributed by atoms with van der Waals surface area (Å²) in [4.78, 5) is 42.2. The van der Waals surface area contributed by atoms with Crippen molar-refractivity contribution in [2.75, 3.05) is 36.5 Å². The third kappa shape index (κ3) is 5.89. The van der Waals surface area contributed by atoms with E-state index in [1.807, 2.05) is 32.6 Å². The summed E-state index contributed by atoms with van der Waals surface area (Å²) >= 11 is 0. The lowest BCUT2D eigenvalue weighted by atomic mass is 10.2. The number of amides is 2. The number of imidazole rings is 1. The Balaban J connectivity index is 1.50. The molecule has 0 spiro atoms. The molecule has 0 bridgehead atoms. The lowest BCUT2D eigenvalue weighted by Crippen LogP contribution is -2.55. The Hall–Kier alpha value is -3.96. The van der Waals surface area contributed by atoms with Gasteiger partial charge in [-0.05, 0) is 41.5 Å². The maximum atomic E-state index is 14.4. The summed E-state index contributed by atoms with van der Waals surface area (Å²) in [7, 11) is 0. The van der Waals surface area contributed by atoms with Gasteiger partial charge in [0.1, 0.15) is 11.2 Å². The van der Waals surface area contributed by atoms with E-state index >= 15 is 0 Å². The van der Waals surface area contributed by atoms with E-state index in [0.29, 0.717) is 31.3 Å². The Labute approximate surface area is 214 Å². The van der Waals surface area contributed by atoms with Crippen LogP contribution in [0, 0.1) is 12.7 Å². The van der Waals surface area contributed by atoms with Gasteiger partial charge in [0.05, 0.1) is 18.0 Å². The highest BCUT2D eigenvalue weighted by Gasteiger charge is 2.32. The van der Waals surface area contributed by atoms with E-state index in [-0.39, 0.29) is 41.5 Å². The smallest absolute Gasteiger partial charge is 0.410 e. The molecular formula is C25H32FN7O4. The highest BCUT2D eigenvalue weighted by Crippen LogP contribution is 2.24. The summed E-state index contributed by atoms with van der Waals surface area (Å²) in [5.74, 6) is -0.583. The van der Waals surface area contributed by atoms with Gasteiger partial charge in [0.25, 0.3) is 5.91 Å². The summed E-state index contributed by atoms with van der Waals surface area (Å²) in [6.45, 7) is 12.7. The van der Waals surface area contributed by atoms with E-state index in [4.69, 9.17) is 9.47 Å².